The number of nitrogens with one attached hydrogen (secondary N) is 3. The van der Waals surface area contributed by atoms with Crippen molar-refractivity contribution in [3.05, 3.63) is 71.9 Å². The molecule has 0 aliphatic heterocycles. The SMILES string of the molecule is N#Cc1cc(NS(=O)c2ccc(F)c(F)c2)ccc1-c1cc(NC=O)nc2[nH]ccc12. The summed E-state index contributed by atoms with van der Waals surface area (Å²) >= 11 is 0. The van der Waals surface area contributed by atoms with E-state index in [2.05, 4.69) is 26.1 Å². The van der Waals surface area contributed by atoms with Gasteiger partial charge in [-0.3, -0.25) is 4.79 Å². The lowest BCUT2D eigenvalue weighted by atomic mass is 9.98. The normalized spacial score (nSPS) is 11.6. The van der Waals surface area contributed by atoms with E-state index in [9.17, 15) is 23.0 Å². The van der Waals surface area contributed by atoms with E-state index in [-0.39, 0.29) is 10.5 Å². The minimum absolute atomic E-state index is 0.0502. The first-order valence-corrected chi connectivity index (χ1v) is 10.0. The molecule has 0 aliphatic rings. The first-order chi connectivity index (χ1) is 15.0. The van der Waals surface area contributed by atoms with Gasteiger partial charge >= 0.3 is 0 Å². The number of halogens is 2. The van der Waals surface area contributed by atoms with E-state index >= 15 is 0 Å². The van der Waals surface area contributed by atoms with Crippen molar-refractivity contribution in [2.45, 2.75) is 4.90 Å². The molecule has 4 rings (SSSR count). The molecule has 0 fully saturated rings. The van der Waals surface area contributed by atoms with Crippen LogP contribution in [0.2, 0.25) is 0 Å². The Morgan fingerprint density at radius 1 is 1.06 bits per heavy atom. The van der Waals surface area contributed by atoms with Gasteiger partial charge in [-0.05, 0) is 48.0 Å². The molecule has 0 saturated carbocycles. The van der Waals surface area contributed by atoms with Gasteiger partial charge in [0.15, 0.2) is 11.6 Å². The van der Waals surface area contributed by atoms with Crippen LogP contribution in [-0.2, 0) is 15.8 Å². The van der Waals surface area contributed by atoms with Gasteiger partial charge in [0.2, 0.25) is 6.41 Å². The zero-order valence-electron chi connectivity index (χ0n) is 15.6. The highest BCUT2D eigenvalue weighted by molar-refractivity contribution is 7.86. The van der Waals surface area contributed by atoms with E-state index < -0.39 is 22.6 Å². The van der Waals surface area contributed by atoms with E-state index in [0.29, 0.717) is 34.7 Å². The number of anilines is 2. The summed E-state index contributed by atoms with van der Waals surface area (Å²) in [5.74, 6) is -1.83. The molecule has 1 amide bonds. The Bertz CT molecular complexity index is 1380. The average Bonchev–Trinajstić information content (AvgIpc) is 3.24. The molecule has 7 nitrogen and oxygen atoms in total. The van der Waals surface area contributed by atoms with Crippen molar-refractivity contribution in [3.8, 4) is 17.2 Å². The Balaban J connectivity index is 1.71. The molecule has 1 unspecified atom stereocenters. The number of carbonyl (C=O) groups excluding carboxylic acids is 1. The number of aromatic amines is 1. The molecule has 2 heterocycles. The van der Waals surface area contributed by atoms with Crippen LogP contribution in [0.4, 0.5) is 20.3 Å². The Hall–Kier alpha value is -4.10. The molecule has 31 heavy (non-hydrogen) atoms. The maximum atomic E-state index is 13.4. The molecule has 1 atom stereocenters. The third kappa shape index (κ3) is 3.99. The van der Waals surface area contributed by atoms with Gasteiger partial charge in [0.05, 0.1) is 16.5 Å². The fourth-order valence-electron chi connectivity index (χ4n) is 3.09. The Labute approximate surface area is 177 Å². The Kier molecular flexibility index (Phi) is 5.43. The van der Waals surface area contributed by atoms with E-state index in [0.717, 1.165) is 17.5 Å². The van der Waals surface area contributed by atoms with Crippen molar-refractivity contribution in [3.63, 3.8) is 0 Å². The molecule has 154 valence electrons. The molecular weight excluding hydrogens is 424 g/mol. The largest absolute Gasteiger partial charge is 0.346 e. The topological polar surface area (TPSA) is 111 Å². The van der Waals surface area contributed by atoms with Crippen LogP contribution in [0.3, 0.4) is 0 Å². The highest BCUT2D eigenvalue weighted by Crippen LogP contribution is 2.33. The molecule has 0 bridgehead atoms. The van der Waals surface area contributed by atoms with Gasteiger partial charge in [-0.25, -0.2) is 18.0 Å². The lowest BCUT2D eigenvalue weighted by Crippen LogP contribution is -2.06. The van der Waals surface area contributed by atoms with Crippen LogP contribution in [0.15, 0.2) is 59.6 Å². The van der Waals surface area contributed by atoms with Crippen LogP contribution in [0.1, 0.15) is 5.56 Å². The monoisotopic (exact) mass is 437 g/mol. The summed E-state index contributed by atoms with van der Waals surface area (Å²) < 4.78 is 41.6. The maximum Gasteiger partial charge on any atom is 0.212 e. The van der Waals surface area contributed by atoms with Crippen LogP contribution >= 0.6 is 0 Å². The summed E-state index contributed by atoms with van der Waals surface area (Å²) in [6.07, 6.45) is 2.20. The van der Waals surface area contributed by atoms with Crippen molar-refractivity contribution < 1.29 is 17.8 Å². The summed E-state index contributed by atoms with van der Waals surface area (Å²) in [6, 6.07) is 13.3. The molecule has 3 N–H and O–H groups in total. The predicted molar refractivity (Wildman–Crippen MR) is 112 cm³/mol. The van der Waals surface area contributed by atoms with E-state index in [4.69, 9.17) is 0 Å². The minimum Gasteiger partial charge on any atom is -0.346 e. The van der Waals surface area contributed by atoms with Crippen LogP contribution in [0.25, 0.3) is 22.2 Å². The number of hydrogen-bond acceptors (Lipinski definition) is 4. The number of amides is 1. The Morgan fingerprint density at radius 2 is 1.90 bits per heavy atom. The summed E-state index contributed by atoms with van der Waals surface area (Å²) in [4.78, 5) is 18.1. The smallest absolute Gasteiger partial charge is 0.212 e. The molecule has 0 aliphatic carbocycles. The van der Waals surface area contributed by atoms with Crippen molar-refractivity contribution in [2.24, 2.45) is 0 Å². The zero-order chi connectivity index (χ0) is 22.0. The molecule has 4 aromatic rings. The van der Waals surface area contributed by atoms with Crippen molar-refractivity contribution in [1.29, 1.82) is 5.26 Å². The summed E-state index contributed by atoms with van der Waals surface area (Å²) in [7, 11) is -1.87. The number of nitrogens with zero attached hydrogens (tertiary/aromatic N) is 2. The average molecular weight is 437 g/mol. The molecule has 0 saturated heterocycles. The zero-order valence-corrected chi connectivity index (χ0v) is 16.5. The van der Waals surface area contributed by atoms with Gasteiger partial charge in [0.1, 0.15) is 22.5 Å². The molecule has 0 radical (unpaired) electrons. The molecule has 10 heteroatoms. The summed E-state index contributed by atoms with van der Waals surface area (Å²) in [5.41, 5.74) is 2.41. The first kappa shape index (κ1) is 20.2. The molecule has 0 spiro atoms. The second-order valence-electron chi connectivity index (χ2n) is 6.38. The minimum atomic E-state index is -1.87. The third-order valence-electron chi connectivity index (χ3n) is 4.48. The number of fused-ring (bicyclic) bond motifs is 1. The molecule has 2 aromatic heterocycles. The number of rotatable bonds is 6. The number of nitriles is 1. The number of H-pyrrole nitrogens is 1. The van der Waals surface area contributed by atoms with Crippen molar-refractivity contribution in [1.82, 2.24) is 9.97 Å². The van der Waals surface area contributed by atoms with Crippen molar-refractivity contribution >= 4 is 39.9 Å². The van der Waals surface area contributed by atoms with Gasteiger partial charge in [-0.15, -0.1) is 0 Å². The second-order valence-corrected chi connectivity index (χ2v) is 7.59. The first-order valence-electron chi connectivity index (χ1n) is 8.86. The third-order valence-corrected chi connectivity index (χ3v) is 5.58. The second kappa shape index (κ2) is 8.33. The van der Waals surface area contributed by atoms with Gasteiger partial charge in [0.25, 0.3) is 0 Å². The lowest BCUT2D eigenvalue weighted by molar-refractivity contribution is -0.105. The van der Waals surface area contributed by atoms with Gasteiger partial charge in [-0.1, -0.05) is 6.07 Å². The predicted octanol–water partition coefficient (Wildman–Crippen LogP) is 4.08. The Morgan fingerprint density at radius 3 is 2.65 bits per heavy atom. The van der Waals surface area contributed by atoms with Crippen LogP contribution in [0, 0.1) is 23.0 Å². The number of pyridine rings is 1. The highest BCUT2D eigenvalue weighted by Gasteiger charge is 2.14. The standard InChI is InChI=1S/C21H13F2N5O2S/c22-18-4-2-14(8-19(18)23)31(30)28-13-1-3-15(12(7-13)10-24)17-9-20(26-11-29)27-21-16(17)5-6-25-21/h1-9,11,28H,(H2,25,26,27,29). The van der Waals surface area contributed by atoms with Crippen LogP contribution in [0.5, 0.6) is 0 Å². The number of benzene rings is 2. The maximum absolute atomic E-state index is 13.4. The van der Waals surface area contributed by atoms with Crippen molar-refractivity contribution in [2.75, 3.05) is 10.0 Å². The summed E-state index contributed by atoms with van der Waals surface area (Å²) in [6.45, 7) is 0. The van der Waals surface area contributed by atoms with E-state index in [1.54, 1.807) is 30.5 Å². The number of hydrogen-bond donors (Lipinski definition) is 3. The number of aromatic nitrogens is 2. The quantitative estimate of drug-likeness (QED) is 0.395. The fourth-order valence-corrected chi connectivity index (χ4v) is 3.95. The van der Waals surface area contributed by atoms with E-state index in [1.165, 1.54) is 12.1 Å². The molecule has 2 aromatic carbocycles. The van der Waals surface area contributed by atoms with E-state index in [1.807, 2.05) is 0 Å². The number of carbonyl (C=O) groups is 1. The van der Waals surface area contributed by atoms with Gasteiger partial charge in [-0.2, -0.15) is 5.26 Å². The molecular formula is C21H13F2N5O2S. The lowest BCUT2D eigenvalue weighted by Gasteiger charge is -2.11. The highest BCUT2D eigenvalue weighted by atomic mass is 32.2. The van der Waals surface area contributed by atoms with Crippen LogP contribution < -0.4 is 10.0 Å². The fraction of sp³-hybridized carbons (Fsp3) is 0. The van der Waals surface area contributed by atoms with Gasteiger partial charge in [0, 0.05) is 22.8 Å². The van der Waals surface area contributed by atoms with Gasteiger partial charge < -0.3 is 15.0 Å². The summed E-state index contributed by atoms with van der Waals surface area (Å²) in [5, 5.41) is 12.9. The van der Waals surface area contributed by atoms with Crippen LogP contribution in [-0.4, -0.2) is 20.6 Å².